The SMILES string of the molecule is C[C@@H](OC(=O)c1cccc(-n2cnnn2)c1)c1nnc(-c2ccccc2)o1. The lowest BCUT2D eigenvalue weighted by Crippen LogP contribution is -2.10. The number of tetrazole rings is 1. The molecule has 2 aromatic heterocycles. The van der Waals surface area contributed by atoms with Crippen LogP contribution < -0.4 is 0 Å². The van der Waals surface area contributed by atoms with E-state index in [-0.39, 0.29) is 5.89 Å². The highest BCUT2D eigenvalue weighted by atomic mass is 16.6. The van der Waals surface area contributed by atoms with E-state index in [9.17, 15) is 4.79 Å². The highest BCUT2D eigenvalue weighted by Crippen LogP contribution is 2.23. The number of rotatable bonds is 5. The zero-order valence-electron chi connectivity index (χ0n) is 14.3. The molecule has 0 fully saturated rings. The van der Waals surface area contributed by atoms with Crippen LogP contribution in [0.5, 0.6) is 0 Å². The van der Waals surface area contributed by atoms with Crippen molar-refractivity contribution in [3.05, 3.63) is 72.4 Å². The molecule has 0 amide bonds. The fourth-order valence-corrected chi connectivity index (χ4v) is 2.43. The minimum absolute atomic E-state index is 0.221. The lowest BCUT2D eigenvalue weighted by atomic mass is 10.2. The maximum absolute atomic E-state index is 12.5. The van der Waals surface area contributed by atoms with Gasteiger partial charge in [0.15, 0.2) is 6.10 Å². The highest BCUT2D eigenvalue weighted by molar-refractivity contribution is 5.90. The van der Waals surface area contributed by atoms with Gasteiger partial charge in [-0.05, 0) is 47.7 Å². The predicted octanol–water partition coefficient (Wildman–Crippen LogP) is 2.63. The second-order valence-electron chi connectivity index (χ2n) is 5.66. The predicted molar refractivity (Wildman–Crippen MR) is 92.7 cm³/mol. The van der Waals surface area contributed by atoms with E-state index in [4.69, 9.17) is 9.15 Å². The average Bonchev–Trinajstić information content (AvgIpc) is 3.41. The summed E-state index contributed by atoms with van der Waals surface area (Å²) < 4.78 is 12.5. The first-order valence-electron chi connectivity index (χ1n) is 8.14. The Kier molecular flexibility index (Phi) is 4.40. The largest absolute Gasteiger partial charge is 0.449 e. The third kappa shape index (κ3) is 3.56. The molecule has 2 heterocycles. The number of carbonyl (C=O) groups excluding carboxylic acids is 1. The smallest absolute Gasteiger partial charge is 0.338 e. The third-order valence-electron chi connectivity index (χ3n) is 3.79. The highest BCUT2D eigenvalue weighted by Gasteiger charge is 2.20. The molecule has 0 radical (unpaired) electrons. The number of carbonyl (C=O) groups is 1. The van der Waals surface area contributed by atoms with Crippen LogP contribution in [0, 0.1) is 0 Å². The molecule has 0 bridgehead atoms. The lowest BCUT2D eigenvalue weighted by molar-refractivity contribution is 0.0280. The van der Waals surface area contributed by atoms with Gasteiger partial charge in [-0.1, -0.05) is 24.3 Å². The maximum Gasteiger partial charge on any atom is 0.338 e. The number of hydrogen-bond acceptors (Lipinski definition) is 8. The first kappa shape index (κ1) is 16.6. The minimum Gasteiger partial charge on any atom is -0.449 e. The maximum atomic E-state index is 12.5. The van der Waals surface area contributed by atoms with Gasteiger partial charge in [0.25, 0.3) is 5.89 Å². The van der Waals surface area contributed by atoms with E-state index in [0.29, 0.717) is 17.1 Å². The second kappa shape index (κ2) is 7.16. The van der Waals surface area contributed by atoms with Gasteiger partial charge in [0, 0.05) is 5.56 Å². The Morgan fingerprint density at radius 3 is 2.74 bits per heavy atom. The molecule has 0 saturated carbocycles. The minimum atomic E-state index is -0.695. The summed E-state index contributed by atoms with van der Waals surface area (Å²) in [6, 6.07) is 16.1. The molecular weight excluding hydrogens is 348 g/mol. The van der Waals surface area contributed by atoms with Gasteiger partial charge in [0.2, 0.25) is 5.89 Å². The molecule has 0 N–H and O–H groups in total. The van der Waals surface area contributed by atoms with Crippen LogP contribution in [-0.2, 0) is 4.74 Å². The Morgan fingerprint density at radius 2 is 1.96 bits per heavy atom. The summed E-state index contributed by atoms with van der Waals surface area (Å²) in [6.45, 7) is 1.67. The fraction of sp³-hybridized carbons (Fsp3) is 0.111. The quantitative estimate of drug-likeness (QED) is 0.498. The molecule has 9 heteroatoms. The summed E-state index contributed by atoms with van der Waals surface area (Å²) in [5.41, 5.74) is 1.80. The summed E-state index contributed by atoms with van der Waals surface area (Å²) in [4.78, 5) is 12.5. The zero-order valence-corrected chi connectivity index (χ0v) is 14.3. The number of benzene rings is 2. The van der Waals surface area contributed by atoms with Crippen molar-refractivity contribution in [2.45, 2.75) is 13.0 Å². The molecule has 9 nitrogen and oxygen atoms in total. The number of ether oxygens (including phenoxy) is 1. The average molecular weight is 362 g/mol. The van der Waals surface area contributed by atoms with Crippen LogP contribution in [0.25, 0.3) is 17.1 Å². The number of nitrogens with zero attached hydrogens (tertiary/aromatic N) is 6. The standard InChI is InChI=1S/C18H14N6O3/c1-12(16-20-21-17(27-16)13-6-3-2-4-7-13)26-18(25)14-8-5-9-15(10-14)24-11-19-22-23-24/h2-12H,1H3/t12-/m1/s1. The van der Waals surface area contributed by atoms with Crippen molar-refractivity contribution in [2.24, 2.45) is 0 Å². The van der Waals surface area contributed by atoms with Gasteiger partial charge in [-0.15, -0.1) is 15.3 Å². The van der Waals surface area contributed by atoms with Crippen molar-refractivity contribution in [3.63, 3.8) is 0 Å². The van der Waals surface area contributed by atoms with Gasteiger partial charge in [-0.3, -0.25) is 0 Å². The van der Waals surface area contributed by atoms with Crippen molar-refractivity contribution in [1.29, 1.82) is 0 Å². The van der Waals surface area contributed by atoms with Gasteiger partial charge in [-0.2, -0.15) is 0 Å². The molecule has 0 aliphatic carbocycles. The summed E-state index contributed by atoms with van der Waals surface area (Å²) in [6.07, 6.45) is 0.746. The Labute approximate surface area is 153 Å². The lowest BCUT2D eigenvalue weighted by Gasteiger charge is -2.10. The monoisotopic (exact) mass is 362 g/mol. The molecule has 134 valence electrons. The fourth-order valence-electron chi connectivity index (χ4n) is 2.43. The number of esters is 1. The van der Waals surface area contributed by atoms with Crippen LogP contribution in [0.2, 0.25) is 0 Å². The third-order valence-corrected chi connectivity index (χ3v) is 3.79. The van der Waals surface area contributed by atoms with Crippen LogP contribution in [-0.4, -0.2) is 36.4 Å². The van der Waals surface area contributed by atoms with Crippen molar-refractivity contribution in [3.8, 4) is 17.1 Å². The Morgan fingerprint density at radius 1 is 1.11 bits per heavy atom. The van der Waals surface area contributed by atoms with E-state index in [1.807, 2.05) is 30.3 Å². The van der Waals surface area contributed by atoms with Crippen LogP contribution in [0.4, 0.5) is 0 Å². The molecule has 0 spiro atoms. The first-order valence-corrected chi connectivity index (χ1v) is 8.14. The van der Waals surface area contributed by atoms with E-state index in [1.165, 1.54) is 11.0 Å². The first-order chi connectivity index (χ1) is 13.2. The molecule has 4 rings (SSSR count). The molecule has 0 aliphatic rings. The van der Waals surface area contributed by atoms with Gasteiger partial charge in [-0.25, -0.2) is 9.48 Å². The van der Waals surface area contributed by atoms with E-state index < -0.39 is 12.1 Å². The number of hydrogen-bond donors (Lipinski definition) is 0. The zero-order chi connectivity index (χ0) is 18.6. The van der Waals surface area contributed by atoms with Crippen molar-refractivity contribution < 1.29 is 13.9 Å². The summed E-state index contributed by atoms with van der Waals surface area (Å²) in [5.74, 6) is 0.0740. The Bertz CT molecular complexity index is 1050. The van der Waals surface area contributed by atoms with E-state index in [1.54, 1.807) is 31.2 Å². The molecule has 2 aromatic carbocycles. The van der Waals surface area contributed by atoms with Crippen LogP contribution >= 0.6 is 0 Å². The Balaban J connectivity index is 1.49. The second-order valence-corrected chi connectivity index (χ2v) is 5.66. The molecule has 4 aromatic rings. The van der Waals surface area contributed by atoms with Crippen molar-refractivity contribution in [2.75, 3.05) is 0 Å². The van der Waals surface area contributed by atoms with E-state index >= 15 is 0 Å². The normalized spacial score (nSPS) is 11.9. The Hall–Kier alpha value is -3.88. The van der Waals surface area contributed by atoms with Crippen LogP contribution in [0.1, 0.15) is 29.3 Å². The van der Waals surface area contributed by atoms with Crippen molar-refractivity contribution in [1.82, 2.24) is 30.4 Å². The van der Waals surface area contributed by atoms with Crippen LogP contribution in [0.15, 0.2) is 65.3 Å². The van der Waals surface area contributed by atoms with Gasteiger partial charge >= 0.3 is 5.97 Å². The molecule has 1 atom stereocenters. The van der Waals surface area contributed by atoms with E-state index in [2.05, 4.69) is 25.7 Å². The molecule has 27 heavy (non-hydrogen) atoms. The number of aromatic nitrogens is 6. The summed E-state index contributed by atoms with van der Waals surface area (Å²) in [5, 5.41) is 18.9. The summed E-state index contributed by atoms with van der Waals surface area (Å²) in [7, 11) is 0. The van der Waals surface area contributed by atoms with E-state index in [0.717, 1.165) is 5.56 Å². The van der Waals surface area contributed by atoms with Gasteiger partial charge in [0.1, 0.15) is 6.33 Å². The molecule has 0 saturated heterocycles. The topological polar surface area (TPSA) is 109 Å². The van der Waals surface area contributed by atoms with Crippen molar-refractivity contribution >= 4 is 5.97 Å². The molecule has 0 unspecified atom stereocenters. The summed E-state index contributed by atoms with van der Waals surface area (Å²) >= 11 is 0. The molecular formula is C18H14N6O3. The van der Waals surface area contributed by atoms with Gasteiger partial charge < -0.3 is 9.15 Å². The molecule has 0 aliphatic heterocycles. The van der Waals surface area contributed by atoms with Gasteiger partial charge in [0.05, 0.1) is 11.3 Å². The van der Waals surface area contributed by atoms with Crippen LogP contribution in [0.3, 0.4) is 0 Å².